The van der Waals surface area contributed by atoms with E-state index in [-0.39, 0.29) is 10.6 Å². The maximum absolute atomic E-state index is 12.2. The van der Waals surface area contributed by atoms with Crippen molar-refractivity contribution in [3.63, 3.8) is 0 Å². The van der Waals surface area contributed by atoms with Crippen molar-refractivity contribution in [2.45, 2.75) is 11.8 Å². The predicted octanol–water partition coefficient (Wildman–Crippen LogP) is 2.97. The fraction of sp³-hybridized carbons (Fsp3) is 0.0769. The normalized spacial score (nSPS) is 11.2. The van der Waals surface area contributed by atoms with Crippen molar-refractivity contribution in [1.82, 2.24) is 4.83 Å². The van der Waals surface area contributed by atoms with Crippen LogP contribution in [-0.2, 0) is 10.0 Å². The molecule has 22 heavy (non-hydrogen) atoms. The van der Waals surface area contributed by atoms with Gasteiger partial charge in [0, 0.05) is 16.6 Å². The van der Waals surface area contributed by atoms with Crippen molar-refractivity contribution >= 4 is 37.3 Å². The number of aryl methyl sites for hydroxylation is 1. The maximum atomic E-state index is 12.2. The van der Waals surface area contributed by atoms with Gasteiger partial charge in [0.2, 0.25) is 0 Å². The fourth-order valence-electron chi connectivity index (χ4n) is 1.71. The van der Waals surface area contributed by atoms with Crippen LogP contribution in [0, 0.1) is 17.0 Å². The Morgan fingerprint density at radius 2 is 1.91 bits per heavy atom. The van der Waals surface area contributed by atoms with Crippen molar-refractivity contribution in [2.24, 2.45) is 0 Å². The largest absolute Gasteiger partial charge is 0.308 e. The number of benzene rings is 2. The lowest BCUT2D eigenvalue weighted by atomic mass is 10.2. The molecule has 116 valence electrons. The zero-order valence-corrected chi connectivity index (χ0v) is 13.8. The average molecular weight is 386 g/mol. The Bertz CT molecular complexity index is 824. The van der Waals surface area contributed by atoms with Crippen molar-refractivity contribution in [1.29, 1.82) is 0 Å². The molecule has 0 aliphatic carbocycles. The van der Waals surface area contributed by atoms with E-state index in [1.54, 1.807) is 12.1 Å². The lowest BCUT2D eigenvalue weighted by molar-refractivity contribution is -0.385. The van der Waals surface area contributed by atoms with Gasteiger partial charge in [-0.05, 0) is 36.8 Å². The van der Waals surface area contributed by atoms with E-state index >= 15 is 0 Å². The van der Waals surface area contributed by atoms with E-state index in [1.165, 1.54) is 18.2 Å². The fourth-order valence-corrected chi connectivity index (χ4v) is 3.08. The van der Waals surface area contributed by atoms with Crippen LogP contribution in [0.1, 0.15) is 5.56 Å². The van der Waals surface area contributed by atoms with E-state index in [0.29, 0.717) is 5.69 Å². The van der Waals surface area contributed by atoms with Gasteiger partial charge < -0.3 is 5.43 Å². The molecule has 0 radical (unpaired) electrons. The van der Waals surface area contributed by atoms with Crippen molar-refractivity contribution in [2.75, 3.05) is 5.43 Å². The molecular formula is C13H12BrN3O4S. The smallest absolute Gasteiger partial charge is 0.270 e. The van der Waals surface area contributed by atoms with Crippen LogP contribution >= 0.6 is 15.9 Å². The third kappa shape index (κ3) is 3.81. The van der Waals surface area contributed by atoms with Crippen LogP contribution in [0.15, 0.2) is 51.8 Å². The Morgan fingerprint density at radius 1 is 1.18 bits per heavy atom. The molecule has 2 rings (SSSR count). The minimum absolute atomic E-state index is 0.191. The summed E-state index contributed by atoms with van der Waals surface area (Å²) in [6, 6.07) is 10.1. The predicted molar refractivity (Wildman–Crippen MR) is 85.9 cm³/mol. The van der Waals surface area contributed by atoms with Gasteiger partial charge in [0.1, 0.15) is 0 Å². The summed E-state index contributed by atoms with van der Waals surface area (Å²) in [5, 5.41) is 10.7. The molecule has 0 atom stereocenters. The third-order valence-electron chi connectivity index (χ3n) is 2.85. The summed E-state index contributed by atoms with van der Waals surface area (Å²) in [4.78, 5) is 12.1. The number of nitro groups is 1. The van der Waals surface area contributed by atoms with Gasteiger partial charge in [0.25, 0.3) is 15.7 Å². The molecule has 0 bridgehead atoms. The number of hydrogen-bond acceptors (Lipinski definition) is 5. The highest BCUT2D eigenvalue weighted by molar-refractivity contribution is 9.10. The molecule has 2 aromatic carbocycles. The Hall–Kier alpha value is -1.97. The number of nitro benzene ring substituents is 1. The standard InChI is InChI=1S/C13H12BrN3O4S/c1-9-7-10(14)5-6-13(9)15-16-22(20,21)12-4-2-3-11(8-12)17(18)19/h2-8,15-16H,1H3. The quantitative estimate of drug-likeness (QED) is 0.608. The van der Waals surface area contributed by atoms with Crippen LogP contribution < -0.4 is 10.3 Å². The van der Waals surface area contributed by atoms with Crippen LogP contribution in [0.5, 0.6) is 0 Å². The van der Waals surface area contributed by atoms with Crippen molar-refractivity contribution in [3.05, 3.63) is 62.6 Å². The molecule has 0 amide bonds. The minimum atomic E-state index is -3.92. The molecule has 0 unspecified atom stereocenters. The number of hydrogen-bond donors (Lipinski definition) is 2. The zero-order chi connectivity index (χ0) is 16.3. The van der Waals surface area contributed by atoms with Gasteiger partial charge >= 0.3 is 0 Å². The first-order valence-corrected chi connectivity index (χ1v) is 8.35. The number of nitrogens with one attached hydrogen (secondary N) is 2. The summed E-state index contributed by atoms with van der Waals surface area (Å²) >= 11 is 3.31. The summed E-state index contributed by atoms with van der Waals surface area (Å²) in [5.74, 6) is 0. The second kappa shape index (κ2) is 6.42. The van der Waals surface area contributed by atoms with Crippen molar-refractivity contribution in [3.8, 4) is 0 Å². The Kier molecular flexibility index (Phi) is 4.79. The van der Waals surface area contributed by atoms with Crippen LogP contribution in [-0.4, -0.2) is 13.3 Å². The van der Waals surface area contributed by atoms with E-state index in [4.69, 9.17) is 0 Å². The zero-order valence-electron chi connectivity index (χ0n) is 11.4. The number of anilines is 1. The Balaban J connectivity index is 2.21. The molecule has 0 saturated heterocycles. The SMILES string of the molecule is Cc1cc(Br)ccc1NNS(=O)(=O)c1cccc([N+](=O)[O-])c1. The van der Waals surface area contributed by atoms with Gasteiger partial charge in [-0.15, -0.1) is 4.83 Å². The molecule has 0 aliphatic rings. The molecule has 0 spiro atoms. The van der Waals surface area contributed by atoms with Gasteiger partial charge in [-0.1, -0.05) is 22.0 Å². The molecule has 0 aliphatic heterocycles. The van der Waals surface area contributed by atoms with Gasteiger partial charge in [0.05, 0.1) is 15.5 Å². The highest BCUT2D eigenvalue weighted by Gasteiger charge is 2.17. The molecule has 7 nitrogen and oxygen atoms in total. The number of rotatable bonds is 5. The molecular weight excluding hydrogens is 374 g/mol. The molecule has 0 fully saturated rings. The van der Waals surface area contributed by atoms with Gasteiger partial charge in [0.15, 0.2) is 0 Å². The summed E-state index contributed by atoms with van der Waals surface area (Å²) in [5.41, 5.74) is 3.72. The first-order chi connectivity index (χ1) is 10.3. The van der Waals surface area contributed by atoms with E-state index < -0.39 is 14.9 Å². The van der Waals surface area contributed by atoms with E-state index in [1.807, 2.05) is 13.0 Å². The molecule has 0 heterocycles. The highest BCUT2D eigenvalue weighted by atomic mass is 79.9. The molecule has 2 N–H and O–H groups in total. The molecule has 0 saturated carbocycles. The number of halogens is 1. The van der Waals surface area contributed by atoms with E-state index in [9.17, 15) is 18.5 Å². The van der Waals surface area contributed by atoms with Gasteiger partial charge in [-0.25, -0.2) is 8.42 Å². The highest BCUT2D eigenvalue weighted by Crippen LogP contribution is 2.21. The first kappa shape index (κ1) is 16.4. The maximum Gasteiger partial charge on any atom is 0.270 e. The Labute approximate surface area is 135 Å². The molecule has 2 aromatic rings. The van der Waals surface area contributed by atoms with Crippen LogP contribution in [0.3, 0.4) is 0 Å². The summed E-state index contributed by atoms with van der Waals surface area (Å²) in [7, 11) is -3.92. The number of nitrogens with zero attached hydrogens (tertiary/aromatic N) is 1. The van der Waals surface area contributed by atoms with E-state index in [2.05, 4.69) is 26.2 Å². The topological polar surface area (TPSA) is 101 Å². The van der Waals surface area contributed by atoms with Crippen LogP contribution in [0.4, 0.5) is 11.4 Å². The molecule has 0 aromatic heterocycles. The second-order valence-corrected chi connectivity index (χ2v) is 7.04. The Morgan fingerprint density at radius 3 is 2.55 bits per heavy atom. The first-order valence-electron chi connectivity index (χ1n) is 6.08. The third-order valence-corrected chi connectivity index (χ3v) is 4.59. The summed E-state index contributed by atoms with van der Waals surface area (Å²) < 4.78 is 25.2. The van der Waals surface area contributed by atoms with Gasteiger partial charge in [-0.3, -0.25) is 10.1 Å². The number of hydrazine groups is 1. The number of sulfonamides is 1. The minimum Gasteiger partial charge on any atom is -0.308 e. The summed E-state index contributed by atoms with van der Waals surface area (Å²) in [6.07, 6.45) is 0. The monoisotopic (exact) mass is 385 g/mol. The summed E-state index contributed by atoms with van der Waals surface area (Å²) in [6.45, 7) is 1.81. The van der Waals surface area contributed by atoms with E-state index in [0.717, 1.165) is 16.1 Å². The molecule has 9 heteroatoms. The van der Waals surface area contributed by atoms with Gasteiger partial charge in [-0.2, -0.15) is 0 Å². The van der Waals surface area contributed by atoms with Crippen LogP contribution in [0.25, 0.3) is 0 Å². The number of non-ortho nitro benzene ring substituents is 1. The average Bonchev–Trinajstić information content (AvgIpc) is 2.46. The lowest BCUT2D eigenvalue weighted by Gasteiger charge is -2.11. The second-order valence-electron chi connectivity index (χ2n) is 4.44. The van der Waals surface area contributed by atoms with Crippen LogP contribution in [0.2, 0.25) is 0 Å². The van der Waals surface area contributed by atoms with Crippen molar-refractivity contribution < 1.29 is 13.3 Å². The lowest BCUT2D eigenvalue weighted by Crippen LogP contribution is -2.29.